The number of aromatic hydroxyl groups is 1. The molecule has 2 heterocycles. The summed E-state index contributed by atoms with van der Waals surface area (Å²) >= 11 is 1.80. The van der Waals surface area contributed by atoms with Crippen LogP contribution < -0.4 is 4.74 Å². The molecule has 2 aromatic heterocycles. The van der Waals surface area contributed by atoms with E-state index in [9.17, 15) is 5.11 Å². The summed E-state index contributed by atoms with van der Waals surface area (Å²) in [5.41, 5.74) is 6.56. The fraction of sp³-hybridized carbons (Fsp3) is 0.0286. The Kier molecular flexibility index (Phi) is 5.99. The largest absolute Gasteiger partial charge is 0.504 e. The fourth-order valence-electron chi connectivity index (χ4n) is 5.07. The average Bonchev–Trinajstić information content (AvgIpc) is 3.39. The Morgan fingerprint density at radius 1 is 0.550 bits per heavy atom. The minimum Gasteiger partial charge on any atom is -0.504 e. The van der Waals surface area contributed by atoms with Crippen molar-refractivity contribution in [3.8, 4) is 56.5 Å². The van der Waals surface area contributed by atoms with Gasteiger partial charge in [-0.05, 0) is 47.5 Å². The van der Waals surface area contributed by atoms with E-state index in [1.165, 1.54) is 20.2 Å². The minimum atomic E-state index is 0.109. The number of phenolic OH excluding ortho intramolecular Hbond substituents is 1. The Morgan fingerprint density at radius 2 is 1.20 bits per heavy atom. The van der Waals surface area contributed by atoms with Crippen LogP contribution >= 0.6 is 11.3 Å². The number of hydrogen-bond acceptors (Lipinski definition) is 5. The maximum absolute atomic E-state index is 10.3. The third-order valence-electron chi connectivity index (χ3n) is 7.10. The van der Waals surface area contributed by atoms with Crippen LogP contribution in [0.15, 0.2) is 121 Å². The molecule has 0 aliphatic heterocycles. The highest BCUT2D eigenvalue weighted by atomic mass is 32.1. The molecule has 1 N–H and O–H groups in total. The predicted molar refractivity (Wildman–Crippen MR) is 165 cm³/mol. The van der Waals surface area contributed by atoms with Crippen LogP contribution in [0.1, 0.15) is 0 Å². The van der Waals surface area contributed by atoms with Crippen LogP contribution in [-0.4, -0.2) is 22.2 Å². The molecular formula is C35H24N2O2S. The molecule has 0 spiro atoms. The van der Waals surface area contributed by atoms with Gasteiger partial charge in [-0.25, -0.2) is 9.97 Å². The molecule has 4 nitrogen and oxygen atoms in total. The topological polar surface area (TPSA) is 55.2 Å². The van der Waals surface area contributed by atoms with Crippen LogP contribution in [0, 0.1) is 0 Å². The first kappa shape index (κ1) is 24.1. The SMILES string of the molecule is COc1ccc(-c2cccc(-c3cc(-c4ccc5c(c4)sc4ccccc45)nc(-c4ccccc4)n3)c2)cc1O. The lowest BCUT2D eigenvalue weighted by Gasteiger charge is -2.11. The fourth-order valence-corrected chi connectivity index (χ4v) is 6.22. The van der Waals surface area contributed by atoms with Crippen LogP contribution in [0.4, 0.5) is 0 Å². The number of ether oxygens (including phenoxy) is 1. The molecule has 0 saturated carbocycles. The van der Waals surface area contributed by atoms with Gasteiger partial charge >= 0.3 is 0 Å². The van der Waals surface area contributed by atoms with Crippen molar-refractivity contribution in [1.29, 1.82) is 0 Å². The molecule has 0 atom stereocenters. The number of rotatable bonds is 5. The van der Waals surface area contributed by atoms with Crippen LogP contribution in [0.25, 0.3) is 65.2 Å². The van der Waals surface area contributed by atoms with Gasteiger partial charge in [-0.1, -0.05) is 84.9 Å². The second kappa shape index (κ2) is 9.95. The molecule has 7 rings (SSSR count). The molecule has 0 radical (unpaired) electrons. The quantitative estimate of drug-likeness (QED) is 0.238. The molecule has 192 valence electrons. The van der Waals surface area contributed by atoms with E-state index >= 15 is 0 Å². The first-order valence-electron chi connectivity index (χ1n) is 13.0. The Bertz CT molecular complexity index is 2010. The summed E-state index contributed by atoms with van der Waals surface area (Å²) in [4.78, 5) is 10.0. The van der Waals surface area contributed by atoms with Gasteiger partial charge in [0.15, 0.2) is 17.3 Å². The van der Waals surface area contributed by atoms with Crippen molar-refractivity contribution in [1.82, 2.24) is 9.97 Å². The van der Waals surface area contributed by atoms with Gasteiger partial charge in [0, 0.05) is 36.9 Å². The van der Waals surface area contributed by atoms with Gasteiger partial charge in [0.2, 0.25) is 0 Å². The van der Waals surface area contributed by atoms with Crippen molar-refractivity contribution < 1.29 is 9.84 Å². The summed E-state index contributed by atoms with van der Waals surface area (Å²) in [5, 5.41) is 12.9. The van der Waals surface area contributed by atoms with Gasteiger partial charge in [0.1, 0.15) is 0 Å². The van der Waals surface area contributed by atoms with Crippen molar-refractivity contribution in [2.75, 3.05) is 7.11 Å². The Hall–Kier alpha value is -5.00. The van der Waals surface area contributed by atoms with Crippen molar-refractivity contribution in [3.63, 3.8) is 0 Å². The van der Waals surface area contributed by atoms with Crippen LogP contribution in [-0.2, 0) is 0 Å². The molecule has 0 amide bonds. The maximum atomic E-state index is 10.3. The molecule has 5 heteroatoms. The van der Waals surface area contributed by atoms with E-state index in [1.807, 2.05) is 48.5 Å². The number of benzene rings is 5. The molecule has 0 unspecified atom stereocenters. The van der Waals surface area contributed by atoms with Gasteiger partial charge in [-0.2, -0.15) is 0 Å². The van der Waals surface area contributed by atoms with Crippen molar-refractivity contribution in [2.24, 2.45) is 0 Å². The van der Waals surface area contributed by atoms with Gasteiger partial charge in [0.25, 0.3) is 0 Å². The number of phenols is 1. The number of methoxy groups -OCH3 is 1. The summed E-state index contributed by atoms with van der Waals surface area (Å²) in [6, 6.07) is 40.9. The average molecular weight is 537 g/mol. The summed E-state index contributed by atoms with van der Waals surface area (Å²) < 4.78 is 7.74. The highest BCUT2D eigenvalue weighted by Gasteiger charge is 2.13. The van der Waals surface area contributed by atoms with Crippen molar-refractivity contribution >= 4 is 31.5 Å². The number of fused-ring (bicyclic) bond motifs is 3. The lowest BCUT2D eigenvalue weighted by atomic mass is 10.00. The molecule has 0 bridgehead atoms. The van der Waals surface area contributed by atoms with Gasteiger partial charge in [-0.3, -0.25) is 0 Å². The number of hydrogen-bond donors (Lipinski definition) is 1. The summed E-state index contributed by atoms with van der Waals surface area (Å²) in [6.07, 6.45) is 0. The van der Waals surface area contributed by atoms with E-state index in [4.69, 9.17) is 14.7 Å². The first-order valence-corrected chi connectivity index (χ1v) is 13.8. The van der Waals surface area contributed by atoms with Crippen LogP contribution in [0.5, 0.6) is 11.5 Å². The second-order valence-electron chi connectivity index (χ2n) is 9.60. The smallest absolute Gasteiger partial charge is 0.160 e. The van der Waals surface area contributed by atoms with E-state index in [2.05, 4.69) is 60.7 Å². The summed E-state index contributed by atoms with van der Waals surface area (Å²) in [5.74, 6) is 1.23. The lowest BCUT2D eigenvalue weighted by Crippen LogP contribution is -1.96. The summed E-state index contributed by atoms with van der Waals surface area (Å²) in [6.45, 7) is 0. The van der Waals surface area contributed by atoms with E-state index in [0.717, 1.165) is 39.2 Å². The highest BCUT2D eigenvalue weighted by Crippen LogP contribution is 2.37. The van der Waals surface area contributed by atoms with E-state index in [1.54, 1.807) is 30.6 Å². The number of aromatic nitrogens is 2. The number of nitrogens with zero attached hydrogens (tertiary/aromatic N) is 2. The van der Waals surface area contributed by atoms with Gasteiger partial charge in [0.05, 0.1) is 18.5 Å². The van der Waals surface area contributed by atoms with E-state index < -0.39 is 0 Å². The highest BCUT2D eigenvalue weighted by molar-refractivity contribution is 7.25. The zero-order valence-corrected chi connectivity index (χ0v) is 22.5. The zero-order chi connectivity index (χ0) is 27.1. The van der Waals surface area contributed by atoms with Gasteiger partial charge < -0.3 is 9.84 Å². The molecule has 0 aliphatic carbocycles. The summed E-state index contributed by atoms with van der Waals surface area (Å²) in [7, 11) is 1.55. The van der Waals surface area contributed by atoms with E-state index in [0.29, 0.717) is 11.6 Å². The molecule has 0 saturated heterocycles. The Balaban J connectivity index is 1.37. The van der Waals surface area contributed by atoms with E-state index in [-0.39, 0.29) is 5.75 Å². The molecule has 5 aromatic carbocycles. The van der Waals surface area contributed by atoms with Crippen molar-refractivity contribution in [2.45, 2.75) is 0 Å². The standard InChI is InChI=1S/C35H24N2O2S/c1-39-32-17-15-24(19-31(32)38)23-10-7-11-25(18-23)29-21-30(37-35(36-29)22-8-3-2-4-9-22)26-14-16-28-27-12-5-6-13-33(27)40-34(28)20-26/h2-21,38H,1H3. The molecule has 40 heavy (non-hydrogen) atoms. The lowest BCUT2D eigenvalue weighted by molar-refractivity contribution is 0.373. The Morgan fingerprint density at radius 3 is 2.00 bits per heavy atom. The maximum Gasteiger partial charge on any atom is 0.160 e. The Labute approximate surface area is 235 Å². The predicted octanol–water partition coefficient (Wildman–Crippen LogP) is 9.23. The number of thiophene rings is 1. The van der Waals surface area contributed by atoms with Gasteiger partial charge in [-0.15, -0.1) is 11.3 Å². The molecule has 7 aromatic rings. The third-order valence-corrected chi connectivity index (χ3v) is 8.24. The van der Waals surface area contributed by atoms with Crippen LogP contribution in [0.3, 0.4) is 0 Å². The van der Waals surface area contributed by atoms with Crippen LogP contribution in [0.2, 0.25) is 0 Å². The molecule has 0 aliphatic rings. The second-order valence-corrected chi connectivity index (χ2v) is 10.7. The molecule has 0 fully saturated rings. The first-order chi connectivity index (χ1) is 19.7. The zero-order valence-electron chi connectivity index (χ0n) is 21.7. The van der Waals surface area contributed by atoms with Crippen molar-refractivity contribution in [3.05, 3.63) is 121 Å². The normalized spacial score (nSPS) is 11.2. The third kappa shape index (κ3) is 4.36. The molecular weight excluding hydrogens is 512 g/mol. The minimum absolute atomic E-state index is 0.109. The monoisotopic (exact) mass is 536 g/mol.